The lowest BCUT2D eigenvalue weighted by Crippen LogP contribution is -2.65. The molecular weight excluding hydrogens is 408 g/mol. The van der Waals surface area contributed by atoms with Crippen LogP contribution in [-0.4, -0.2) is 22.3 Å². The van der Waals surface area contributed by atoms with Gasteiger partial charge in [0.25, 0.3) is 0 Å². The van der Waals surface area contributed by atoms with Crippen LogP contribution in [0, 0.1) is 56.7 Å². The lowest BCUT2D eigenvalue weighted by atomic mass is 9.33. The van der Waals surface area contributed by atoms with E-state index in [0.717, 1.165) is 44.9 Å². The molecule has 0 radical (unpaired) electrons. The van der Waals surface area contributed by atoms with Gasteiger partial charge in [0.1, 0.15) is 0 Å². The molecule has 2 N–H and O–H groups in total. The van der Waals surface area contributed by atoms with Crippen LogP contribution in [0.25, 0.3) is 0 Å². The Balaban J connectivity index is 1.61. The summed E-state index contributed by atoms with van der Waals surface area (Å²) in [6.07, 6.45) is 11.6. The summed E-state index contributed by atoms with van der Waals surface area (Å²) in [6.45, 7) is 17.0. The average molecular weight is 457 g/mol. The topological polar surface area (TPSA) is 57.5 Å². The molecule has 0 aromatic rings. The Bertz CT molecular complexity index is 874. The van der Waals surface area contributed by atoms with E-state index < -0.39 is 11.4 Å². The third-order valence-electron chi connectivity index (χ3n) is 13.4. The Morgan fingerprint density at radius 2 is 1.61 bits per heavy atom. The summed E-state index contributed by atoms with van der Waals surface area (Å²) < 4.78 is 0. The molecule has 5 rings (SSSR count). The minimum atomic E-state index is -0.557. The van der Waals surface area contributed by atoms with E-state index in [-0.39, 0.29) is 33.7 Å². The van der Waals surface area contributed by atoms with Crippen LogP contribution in [0.5, 0.6) is 0 Å². The van der Waals surface area contributed by atoms with Gasteiger partial charge in [0, 0.05) is 0 Å². The standard InChI is InChI=1S/C30H48O3/c1-18-10-15-30(25(32)33)17-16-28(6)20(24(30)19(18)2)8-9-22-27(5)13-12-23(31)26(3,4)21(27)11-14-29(22,28)7/h8,18-19,21-24,31H,9-17H2,1-7H3,(H,32,33)/t18?,19?,21?,22?,23-,24?,27?,28?,29?,30?/m1/s1. The number of hydrogen-bond acceptors (Lipinski definition) is 2. The zero-order valence-corrected chi connectivity index (χ0v) is 22.2. The number of aliphatic carboxylic acids is 1. The second-order valence-electron chi connectivity index (χ2n) is 14.5. The van der Waals surface area contributed by atoms with Gasteiger partial charge in [0.2, 0.25) is 0 Å². The van der Waals surface area contributed by atoms with Gasteiger partial charge in [-0.2, -0.15) is 0 Å². The Kier molecular flexibility index (Phi) is 5.15. The number of aliphatic hydroxyl groups excluding tert-OH is 1. The minimum absolute atomic E-state index is 0.0302. The highest BCUT2D eigenvalue weighted by molar-refractivity contribution is 5.76. The summed E-state index contributed by atoms with van der Waals surface area (Å²) in [5, 5.41) is 21.4. The molecule has 4 fully saturated rings. The van der Waals surface area contributed by atoms with E-state index in [4.69, 9.17) is 0 Å². The van der Waals surface area contributed by atoms with E-state index in [1.54, 1.807) is 0 Å². The van der Waals surface area contributed by atoms with Gasteiger partial charge in [0.15, 0.2) is 0 Å². The predicted octanol–water partition coefficient (Wildman–Crippen LogP) is 7.09. The van der Waals surface area contributed by atoms with Crippen LogP contribution in [0.15, 0.2) is 11.6 Å². The van der Waals surface area contributed by atoms with E-state index in [0.29, 0.717) is 23.7 Å². The molecular formula is C30H48O3. The van der Waals surface area contributed by atoms with Gasteiger partial charge in [-0.1, -0.05) is 60.1 Å². The second-order valence-corrected chi connectivity index (χ2v) is 14.5. The molecule has 9 unspecified atom stereocenters. The number of allylic oxidation sites excluding steroid dienone is 2. The molecule has 0 spiro atoms. The van der Waals surface area contributed by atoms with Gasteiger partial charge in [-0.15, -0.1) is 0 Å². The van der Waals surface area contributed by atoms with Crippen molar-refractivity contribution in [3.63, 3.8) is 0 Å². The molecule has 10 atom stereocenters. The zero-order chi connectivity index (χ0) is 24.2. The van der Waals surface area contributed by atoms with E-state index in [9.17, 15) is 15.0 Å². The first kappa shape index (κ1) is 23.9. The lowest BCUT2D eigenvalue weighted by molar-refractivity contribution is -0.206. The third kappa shape index (κ3) is 2.75. The van der Waals surface area contributed by atoms with Gasteiger partial charge in [-0.25, -0.2) is 0 Å². The minimum Gasteiger partial charge on any atom is -0.481 e. The van der Waals surface area contributed by atoms with Crippen LogP contribution in [0.4, 0.5) is 0 Å². The van der Waals surface area contributed by atoms with Crippen molar-refractivity contribution in [1.29, 1.82) is 0 Å². The molecule has 5 aliphatic rings. The van der Waals surface area contributed by atoms with Crippen molar-refractivity contribution >= 4 is 5.97 Å². The normalized spacial score (nSPS) is 55.3. The summed E-state index contributed by atoms with van der Waals surface area (Å²) in [7, 11) is 0. The molecule has 186 valence electrons. The number of rotatable bonds is 1. The van der Waals surface area contributed by atoms with Crippen molar-refractivity contribution in [3.8, 4) is 0 Å². The fourth-order valence-electron chi connectivity index (χ4n) is 10.8. The number of hydrogen-bond donors (Lipinski definition) is 2. The maximum Gasteiger partial charge on any atom is 0.310 e. The molecule has 0 aromatic carbocycles. The number of fused-ring (bicyclic) bond motifs is 7. The number of aliphatic hydroxyl groups is 1. The quantitative estimate of drug-likeness (QED) is 0.414. The molecule has 0 aromatic heterocycles. The monoisotopic (exact) mass is 456 g/mol. The van der Waals surface area contributed by atoms with Crippen LogP contribution in [-0.2, 0) is 4.79 Å². The largest absolute Gasteiger partial charge is 0.481 e. The van der Waals surface area contributed by atoms with Crippen molar-refractivity contribution in [3.05, 3.63) is 11.6 Å². The summed E-state index contributed by atoms with van der Waals surface area (Å²) in [4.78, 5) is 12.8. The van der Waals surface area contributed by atoms with Crippen molar-refractivity contribution in [2.75, 3.05) is 0 Å². The van der Waals surface area contributed by atoms with Crippen LogP contribution >= 0.6 is 0 Å². The van der Waals surface area contributed by atoms with Crippen molar-refractivity contribution < 1.29 is 15.0 Å². The fourth-order valence-corrected chi connectivity index (χ4v) is 10.8. The van der Waals surface area contributed by atoms with E-state index in [2.05, 4.69) is 54.5 Å². The molecule has 0 saturated heterocycles. The predicted molar refractivity (Wildman–Crippen MR) is 133 cm³/mol. The van der Waals surface area contributed by atoms with Gasteiger partial charge in [-0.05, 0) is 109 Å². The fraction of sp³-hybridized carbons (Fsp3) is 0.900. The Hall–Kier alpha value is -0.830. The van der Waals surface area contributed by atoms with Gasteiger partial charge < -0.3 is 10.2 Å². The number of carboxylic acids is 1. The molecule has 3 nitrogen and oxygen atoms in total. The van der Waals surface area contributed by atoms with Gasteiger partial charge >= 0.3 is 5.97 Å². The molecule has 0 amide bonds. The Morgan fingerprint density at radius 3 is 2.27 bits per heavy atom. The average Bonchev–Trinajstić information content (AvgIpc) is 2.74. The second kappa shape index (κ2) is 7.11. The molecule has 4 saturated carbocycles. The molecule has 5 aliphatic carbocycles. The van der Waals surface area contributed by atoms with E-state index >= 15 is 0 Å². The highest BCUT2D eigenvalue weighted by Gasteiger charge is 2.69. The van der Waals surface area contributed by atoms with Crippen LogP contribution in [0.1, 0.15) is 106 Å². The third-order valence-corrected chi connectivity index (χ3v) is 13.4. The first-order chi connectivity index (χ1) is 15.3. The SMILES string of the molecule is CC1CCC2(C(=O)O)CCC3(C)C(=CCC4C5(C)CC[C@@H](O)C(C)(C)C5CCC43C)C2C1C. The lowest BCUT2D eigenvalue weighted by Gasteiger charge is -2.71. The van der Waals surface area contributed by atoms with Crippen molar-refractivity contribution in [1.82, 2.24) is 0 Å². The smallest absolute Gasteiger partial charge is 0.310 e. The van der Waals surface area contributed by atoms with Gasteiger partial charge in [-0.3, -0.25) is 4.79 Å². The summed E-state index contributed by atoms with van der Waals surface area (Å²) in [6, 6.07) is 0. The maximum atomic E-state index is 12.8. The van der Waals surface area contributed by atoms with Crippen molar-refractivity contribution in [2.24, 2.45) is 56.7 Å². The highest BCUT2D eigenvalue weighted by atomic mass is 16.4. The van der Waals surface area contributed by atoms with Crippen molar-refractivity contribution in [2.45, 2.75) is 112 Å². The molecule has 0 bridgehead atoms. The number of carboxylic acid groups (broad SMARTS) is 1. The Morgan fingerprint density at radius 1 is 0.909 bits per heavy atom. The molecule has 33 heavy (non-hydrogen) atoms. The zero-order valence-electron chi connectivity index (χ0n) is 22.2. The number of carbonyl (C=O) groups is 1. The van der Waals surface area contributed by atoms with Crippen LogP contribution < -0.4 is 0 Å². The highest BCUT2D eigenvalue weighted by Crippen LogP contribution is 2.75. The maximum absolute atomic E-state index is 12.8. The van der Waals surface area contributed by atoms with E-state index in [1.165, 1.54) is 18.4 Å². The summed E-state index contributed by atoms with van der Waals surface area (Å²) in [5.41, 5.74) is 1.46. The molecule has 0 heterocycles. The Labute approximate surface area is 201 Å². The summed E-state index contributed by atoms with van der Waals surface area (Å²) >= 11 is 0. The molecule has 0 aliphatic heterocycles. The summed E-state index contributed by atoms with van der Waals surface area (Å²) in [5.74, 6) is 1.82. The first-order valence-corrected chi connectivity index (χ1v) is 13.9. The van der Waals surface area contributed by atoms with Gasteiger partial charge in [0.05, 0.1) is 11.5 Å². The van der Waals surface area contributed by atoms with Crippen LogP contribution in [0.3, 0.4) is 0 Å². The first-order valence-electron chi connectivity index (χ1n) is 13.9. The van der Waals surface area contributed by atoms with E-state index in [1.807, 2.05) is 0 Å². The van der Waals surface area contributed by atoms with Crippen LogP contribution in [0.2, 0.25) is 0 Å². The molecule has 3 heteroatoms.